The number of benzene rings is 1. The number of nitrogens with one attached hydrogen (secondary N) is 1. The highest BCUT2D eigenvalue weighted by molar-refractivity contribution is 5.81. The van der Waals surface area contributed by atoms with Gasteiger partial charge in [0.1, 0.15) is 11.9 Å². The average molecular weight is 473 g/mol. The molecule has 0 radical (unpaired) electrons. The van der Waals surface area contributed by atoms with Crippen LogP contribution >= 0.6 is 0 Å². The van der Waals surface area contributed by atoms with Gasteiger partial charge in [0.15, 0.2) is 0 Å². The van der Waals surface area contributed by atoms with E-state index >= 15 is 0 Å². The number of aromatic nitrogens is 3. The van der Waals surface area contributed by atoms with Gasteiger partial charge >= 0.3 is 5.97 Å². The Morgan fingerprint density at radius 3 is 2.44 bits per heavy atom. The van der Waals surface area contributed by atoms with E-state index in [-0.39, 0.29) is 18.1 Å². The van der Waals surface area contributed by atoms with E-state index in [0.29, 0.717) is 24.6 Å². The predicted molar refractivity (Wildman–Crippen MR) is 128 cm³/mol. The molecule has 0 saturated heterocycles. The van der Waals surface area contributed by atoms with Gasteiger partial charge < -0.3 is 28.8 Å². The first-order valence-electron chi connectivity index (χ1n) is 11.0. The summed E-state index contributed by atoms with van der Waals surface area (Å²) in [6.07, 6.45) is 0.714. The number of carboxylic acid groups (broad SMARTS) is 1. The number of ether oxygens (including phenoxy) is 2. The van der Waals surface area contributed by atoms with E-state index in [1.807, 2.05) is 28.8 Å². The minimum Gasteiger partial charge on any atom is -0.480 e. The lowest BCUT2D eigenvalue weighted by Crippen LogP contribution is -2.44. The molecule has 10 nitrogen and oxygen atoms in total. The van der Waals surface area contributed by atoms with Crippen molar-refractivity contribution in [2.45, 2.75) is 38.6 Å². The number of imidazole rings is 1. The zero-order chi connectivity index (χ0) is 25.0. The Morgan fingerprint density at radius 1 is 1.21 bits per heavy atom. The topological polar surface area (TPSA) is 128 Å². The van der Waals surface area contributed by atoms with E-state index in [9.17, 15) is 19.8 Å². The van der Waals surface area contributed by atoms with Crippen molar-refractivity contribution in [2.24, 2.45) is 7.05 Å². The van der Waals surface area contributed by atoms with Crippen molar-refractivity contribution >= 4 is 17.0 Å². The van der Waals surface area contributed by atoms with E-state index in [1.165, 1.54) is 11.5 Å². The van der Waals surface area contributed by atoms with Crippen molar-refractivity contribution in [1.82, 2.24) is 19.4 Å². The zero-order valence-corrected chi connectivity index (χ0v) is 20.1. The van der Waals surface area contributed by atoms with Gasteiger partial charge in [0.25, 0.3) is 5.56 Å². The van der Waals surface area contributed by atoms with Crippen LogP contribution in [0.5, 0.6) is 0 Å². The number of aliphatic hydroxyl groups excluding tert-OH is 1. The number of fused-ring (bicyclic) bond motifs is 1. The molecule has 2 aromatic heterocycles. The molecule has 2 atom stereocenters. The monoisotopic (exact) mass is 472 g/mol. The standard InChI is InChI=1S/C24H32N4O6/c1-14-8-17(11-27(3)23(14)30)22-26-19-7-6-16(10-25-21(15(2)29)24(31)32)9-20(19)28(22)18(12-33-4)13-34-5/h6-9,11,15,18,21,25,29H,10,12-13H2,1-5H3,(H,31,32)/t15-,21+/m1/s1. The van der Waals surface area contributed by atoms with Crippen LogP contribution in [0.15, 0.2) is 35.3 Å². The van der Waals surface area contributed by atoms with Gasteiger partial charge in [0, 0.05) is 45.1 Å². The SMILES string of the molecule is COCC(COC)n1c(-c2cc(C)c(=O)n(C)c2)nc2ccc(CN[C@H](C(=O)O)[C@@H](C)O)cc21. The molecule has 0 amide bonds. The second kappa shape index (κ2) is 10.9. The first-order chi connectivity index (χ1) is 16.2. The van der Waals surface area contributed by atoms with Crippen molar-refractivity contribution in [3.8, 4) is 11.4 Å². The van der Waals surface area contributed by atoms with E-state index in [2.05, 4.69) is 5.32 Å². The van der Waals surface area contributed by atoms with Crippen LogP contribution in [0.1, 0.15) is 24.1 Å². The summed E-state index contributed by atoms with van der Waals surface area (Å²) in [5.41, 5.74) is 3.72. The summed E-state index contributed by atoms with van der Waals surface area (Å²) >= 11 is 0. The van der Waals surface area contributed by atoms with Gasteiger partial charge in [-0.2, -0.15) is 0 Å². The molecule has 0 aliphatic heterocycles. The molecule has 0 unspecified atom stereocenters. The Kier molecular flexibility index (Phi) is 8.21. The summed E-state index contributed by atoms with van der Waals surface area (Å²) in [5, 5.41) is 22.0. The lowest BCUT2D eigenvalue weighted by atomic mass is 10.1. The molecular weight excluding hydrogens is 440 g/mol. The number of pyridine rings is 1. The Balaban J connectivity index is 2.14. The maximum absolute atomic E-state index is 12.2. The summed E-state index contributed by atoms with van der Waals surface area (Å²) < 4.78 is 14.5. The van der Waals surface area contributed by atoms with Gasteiger partial charge in [0.2, 0.25) is 0 Å². The van der Waals surface area contributed by atoms with Crippen LogP contribution in [0.25, 0.3) is 22.4 Å². The van der Waals surface area contributed by atoms with Crippen molar-refractivity contribution in [3.63, 3.8) is 0 Å². The third kappa shape index (κ3) is 5.36. The number of hydrogen-bond acceptors (Lipinski definition) is 7. The number of carboxylic acids is 1. The third-order valence-corrected chi connectivity index (χ3v) is 5.73. The molecule has 184 valence electrons. The number of hydrogen-bond donors (Lipinski definition) is 3. The van der Waals surface area contributed by atoms with Crippen LogP contribution < -0.4 is 10.9 Å². The molecule has 0 aliphatic carbocycles. The lowest BCUT2D eigenvalue weighted by Gasteiger charge is -2.21. The molecule has 3 N–H and O–H groups in total. The molecular formula is C24H32N4O6. The molecule has 0 saturated carbocycles. The molecule has 0 fully saturated rings. The van der Waals surface area contributed by atoms with Gasteiger partial charge in [-0.15, -0.1) is 0 Å². The average Bonchev–Trinajstić information content (AvgIpc) is 3.15. The Morgan fingerprint density at radius 2 is 1.88 bits per heavy atom. The highest BCUT2D eigenvalue weighted by atomic mass is 16.5. The van der Waals surface area contributed by atoms with Gasteiger partial charge in [-0.25, -0.2) is 4.98 Å². The molecule has 34 heavy (non-hydrogen) atoms. The quantitative estimate of drug-likeness (QED) is 0.383. The number of nitrogens with zero attached hydrogens (tertiary/aromatic N) is 3. The lowest BCUT2D eigenvalue weighted by molar-refractivity contribution is -0.142. The summed E-state index contributed by atoms with van der Waals surface area (Å²) in [4.78, 5) is 28.5. The second-order valence-corrected chi connectivity index (χ2v) is 8.46. The summed E-state index contributed by atoms with van der Waals surface area (Å²) in [5.74, 6) is -0.445. The Labute approximate surface area is 197 Å². The molecule has 1 aromatic carbocycles. The van der Waals surface area contributed by atoms with Gasteiger partial charge in [0.05, 0.1) is 36.4 Å². The summed E-state index contributed by atoms with van der Waals surface area (Å²) in [6.45, 7) is 4.21. The van der Waals surface area contributed by atoms with Crippen LogP contribution in [-0.2, 0) is 27.9 Å². The van der Waals surface area contributed by atoms with Gasteiger partial charge in [-0.1, -0.05) is 6.07 Å². The maximum atomic E-state index is 12.2. The molecule has 3 aromatic rings. The van der Waals surface area contributed by atoms with Crippen LogP contribution in [0.2, 0.25) is 0 Å². The fourth-order valence-corrected chi connectivity index (χ4v) is 4.10. The molecule has 10 heteroatoms. The first kappa shape index (κ1) is 25.6. The van der Waals surface area contributed by atoms with Crippen LogP contribution in [0.3, 0.4) is 0 Å². The number of methoxy groups -OCH3 is 2. The number of aliphatic hydroxyl groups is 1. The van der Waals surface area contributed by atoms with Crippen molar-refractivity contribution in [1.29, 1.82) is 0 Å². The zero-order valence-electron chi connectivity index (χ0n) is 20.1. The molecule has 2 heterocycles. The minimum atomic E-state index is -1.12. The Hall–Kier alpha value is -3.05. The van der Waals surface area contributed by atoms with Gasteiger partial charge in [-0.3, -0.25) is 14.9 Å². The van der Waals surface area contributed by atoms with E-state index < -0.39 is 18.1 Å². The number of rotatable bonds is 11. The van der Waals surface area contributed by atoms with E-state index in [4.69, 9.17) is 14.5 Å². The number of aryl methyl sites for hydroxylation is 2. The number of aliphatic carboxylic acids is 1. The van der Waals surface area contributed by atoms with Crippen LogP contribution in [-0.4, -0.2) is 69.9 Å². The first-order valence-corrected chi connectivity index (χ1v) is 11.0. The van der Waals surface area contributed by atoms with Crippen molar-refractivity contribution < 1.29 is 24.5 Å². The van der Waals surface area contributed by atoms with Crippen molar-refractivity contribution in [2.75, 3.05) is 27.4 Å². The van der Waals surface area contributed by atoms with Crippen LogP contribution in [0, 0.1) is 6.92 Å². The smallest absolute Gasteiger partial charge is 0.323 e. The van der Waals surface area contributed by atoms with E-state index in [0.717, 1.165) is 22.2 Å². The van der Waals surface area contributed by atoms with Crippen LogP contribution in [0.4, 0.5) is 0 Å². The highest BCUT2D eigenvalue weighted by Gasteiger charge is 2.24. The fourth-order valence-electron chi connectivity index (χ4n) is 4.10. The predicted octanol–water partition coefficient (Wildman–Crippen LogP) is 1.47. The molecule has 0 aliphatic rings. The molecule has 0 spiro atoms. The minimum absolute atomic E-state index is 0.0730. The van der Waals surface area contributed by atoms with Gasteiger partial charge in [-0.05, 0) is 37.6 Å². The largest absolute Gasteiger partial charge is 0.480 e. The highest BCUT2D eigenvalue weighted by Crippen LogP contribution is 2.30. The number of carbonyl (C=O) groups is 1. The maximum Gasteiger partial charge on any atom is 0.323 e. The molecule has 0 bridgehead atoms. The van der Waals surface area contributed by atoms with E-state index in [1.54, 1.807) is 34.4 Å². The normalized spacial score (nSPS) is 13.5. The van der Waals surface area contributed by atoms with Crippen molar-refractivity contribution in [3.05, 3.63) is 51.9 Å². The fraction of sp³-hybridized carbons (Fsp3) is 0.458. The second-order valence-electron chi connectivity index (χ2n) is 8.46. The Bertz CT molecular complexity index is 1180. The third-order valence-electron chi connectivity index (χ3n) is 5.73. The molecule has 3 rings (SSSR count). The summed E-state index contributed by atoms with van der Waals surface area (Å²) in [7, 11) is 4.95. The summed E-state index contributed by atoms with van der Waals surface area (Å²) in [6, 6.07) is 6.22.